The van der Waals surface area contributed by atoms with Crippen molar-refractivity contribution in [3.8, 4) is 0 Å². The standard InChI is InChI=1S/C14H25O2P/c1-2-17(15,14-11-7-4-8-12-14)16-13-9-5-3-6-10-13/h2,13-14H,1,3-12H2. The predicted molar refractivity (Wildman–Crippen MR) is 72.6 cm³/mol. The van der Waals surface area contributed by atoms with Crippen LogP contribution in [0.25, 0.3) is 0 Å². The molecular formula is C14H25O2P. The molecule has 17 heavy (non-hydrogen) atoms. The van der Waals surface area contributed by atoms with Gasteiger partial charge in [-0.15, -0.1) is 0 Å². The Hall–Kier alpha value is -0.0700. The van der Waals surface area contributed by atoms with Crippen LogP contribution in [0, 0.1) is 0 Å². The van der Waals surface area contributed by atoms with Crippen LogP contribution < -0.4 is 0 Å². The third kappa shape index (κ3) is 3.45. The highest BCUT2D eigenvalue weighted by molar-refractivity contribution is 7.62. The zero-order chi connectivity index (χ0) is 12.1. The monoisotopic (exact) mass is 256 g/mol. The fourth-order valence-electron chi connectivity index (χ4n) is 3.12. The third-order valence-electron chi connectivity index (χ3n) is 4.20. The molecule has 3 heteroatoms. The Morgan fingerprint density at radius 1 is 0.941 bits per heavy atom. The highest BCUT2D eigenvalue weighted by Gasteiger charge is 2.34. The smallest absolute Gasteiger partial charge is 0.227 e. The average Bonchev–Trinajstić information content (AvgIpc) is 2.41. The fraction of sp³-hybridized carbons (Fsp3) is 0.857. The van der Waals surface area contributed by atoms with Crippen LogP contribution in [0.15, 0.2) is 12.4 Å². The maximum absolute atomic E-state index is 12.9. The normalized spacial score (nSPS) is 27.5. The lowest BCUT2D eigenvalue weighted by Gasteiger charge is -2.32. The molecular weight excluding hydrogens is 231 g/mol. The molecule has 0 bridgehead atoms. The Labute approximate surface area is 105 Å². The van der Waals surface area contributed by atoms with Gasteiger partial charge in [-0.05, 0) is 31.5 Å². The Balaban J connectivity index is 1.96. The van der Waals surface area contributed by atoms with Crippen molar-refractivity contribution < 1.29 is 9.09 Å². The van der Waals surface area contributed by atoms with Gasteiger partial charge in [0, 0.05) is 5.66 Å². The summed E-state index contributed by atoms with van der Waals surface area (Å²) in [4.78, 5) is 0. The van der Waals surface area contributed by atoms with Crippen molar-refractivity contribution in [3.05, 3.63) is 12.4 Å². The SMILES string of the molecule is C=CP(=O)(OC1CCCCC1)C1CCCCC1. The average molecular weight is 256 g/mol. The van der Waals surface area contributed by atoms with Crippen LogP contribution in [0.5, 0.6) is 0 Å². The van der Waals surface area contributed by atoms with Crippen molar-refractivity contribution >= 4 is 7.37 Å². The Morgan fingerprint density at radius 2 is 1.47 bits per heavy atom. The van der Waals surface area contributed by atoms with Crippen molar-refractivity contribution in [2.45, 2.75) is 76.0 Å². The minimum atomic E-state index is -2.58. The maximum Gasteiger partial charge on any atom is 0.227 e. The molecule has 2 aliphatic carbocycles. The summed E-state index contributed by atoms with van der Waals surface area (Å²) in [5, 5.41) is 0. The summed E-state index contributed by atoms with van der Waals surface area (Å²) in [5.41, 5.74) is 0.260. The molecule has 2 saturated carbocycles. The van der Waals surface area contributed by atoms with E-state index in [1.54, 1.807) is 5.82 Å². The summed E-state index contributed by atoms with van der Waals surface area (Å²) in [6, 6.07) is 0. The second kappa shape index (κ2) is 6.20. The van der Waals surface area contributed by atoms with Crippen LogP contribution in [-0.2, 0) is 9.09 Å². The van der Waals surface area contributed by atoms with Gasteiger partial charge in [0.2, 0.25) is 7.37 Å². The number of hydrogen-bond acceptors (Lipinski definition) is 2. The van der Waals surface area contributed by atoms with Crippen molar-refractivity contribution in [2.24, 2.45) is 0 Å². The molecule has 0 aliphatic heterocycles. The topological polar surface area (TPSA) is 26.3 Å². The van der Waals surface area contributed by atoms with Crippen molar-refractivity contribution in [1.29, 1.82) is 0 Å². The van der Waals surface area contributed by atoms with Crippen LogP contribution >= 0.6 is 7.37 Å². The molecule has 2 fully saturated rings. The van der Waals surface area contributed by atoms with E-state index in [-0.39, 0.29) is 11.8 Å². The lowest BCUT2D eigenvalue weighted by atomic mass is 9.98. The van der Waals surface area contributed by atoms with E-state index in [0.29, 0.717) is 0 Å². The van der Waals surface area contributed by atoms with Gasteiger partial charge in [-0.25, -0.2) is 0 Å². The molecule has 0 saturated heterocycles. The first-order valence-corrected chi connectivity index (χ1v) is 8.92. The molecule has 0 aromatic heterocycles. The zero-order valence-corrected chi connectivity index (χ0v) is 11.7. The van der Waals surface area contributed by atoms with E-state index in [9.17, 15) is 4.57 Å². The molecule has 0 amide bonds. The lowest BCUT2D eigenvalue weighted by Crippen LogP contribution is -2.20. The second-order valence-electron chi connectivity index (χ2n) is 5.49. The van der Waals surface area contributed by atoms with Gasteiger partial charge < -0.3 is 4.52 Å². The summed E-state index contributed by atoms with van der Waals surface area (Å²) in [5.74, 6) is 1.64. The highest BCUT2D eigenvalue weighted by Crippen LogP contribution is 2.59. The molecule has 0 N–H and O–H groups in total. The summed E-state index contributed by atoms with van der Waals surface area (Å²) >= 11 is 0. The van der Waals surface area contributed by atoms with Crippen LogP contribution in [0.3, 0.4) is 0 Å². The first-order chi connectivity index (χ1) is 8.24. The van der Waals surface area contributed by atoms with Crippen LogP contribution in [0.2, 0.25) is 0 Å². The van der Waals surface area contributed by atoms with Crippen LogP contribution in [0.1, 0.15) is 64.2 Å². The second-order valence-corrected chi connectivity index (χ2v) is 8.08. The molecule has 0 heterocycles. The van der Waals surface area contributed by atoms with Gasteiger partial charge in [-0.2, -0.15) is 0 Å². The summed E-state index contributed by atoms with van der Waals surface area (Å²) < 4.78 is 18.9. The molecule has 2 aliphatic rings. The molecule has 2 rings (SSSR count). The minimum Gasteiger partial charge on any atom is -0.322 e. The summed E-state index contributed by atoms with van der Waals surface area (Å²) in [7, 11) is -2.58. The molecule has 0 aromatic rings. The first-order valence-electron chi connectivity index (χ1n) is 7.16. The minimum absolute atomic E-state index is 0.231. The quantitative estimate of drug-likeness (QED) is 0.655. The molecule has 1 unspecified atom stereocenters. The van der Waals surface area contributed by atoms with E-state index in [2.05, 4.69) is 6.58 Å². The lowest BCUT2D eigenvalue weighted by molar-refractivity contribution is 0.156. The van der Waals surface area contributed by atoms with Gasteiger partial charge in [-0.3, -0.25) is 4.57 Å². The van der Waals surface area contributed by atoms with E-state index in [4.69, 9.17) is 4.52 Å². The van der Waals surface area contributed by atoms with Crippen molar-refractivity contribution in [2.75, 3.05) is 0 Å². The molecule has 0 radical (unpaired) electrons. The Bertz CT molecular complexity index is 289. The van der Waals surface area contributed by atoms with E-state index in [0.717, 1.165) is 25.7 Å². The predicted octanol–water partition coefficient (Wildman–Crippen LogP) is 5.09. The molecule has 0 spiro atoms. The number of rotatable bonds is 4. The first kappa shape index (κ1) is 13.4. The maximum atomic E-state index is 12.9. The molecule has 2 nitrogen and oxygen atoms in total. The summed E-state index contributed by atoms with van der Waals surface area (Å²) in [6.07, 6.45) is 12.0. The molecule has 0 aromatic carbocycles. The third-order valence-corrected chi connectivity index (χ3v) is 6.88. The molecule has 98 valence electrons. The van der Waals surface area contributed by atoms with E-state index >= 15 is 0 Å². The van der Waals surface area contributed by atoms with Crippen molar-refractivity contribution in [1.82, 2.24) is 0 Å². The van der Waals surface area contributed by atoms with E-state index in [1.807, 2.05) is 0 Å². The largest absolute Gasteiger partial charge is 0.322 e. The van der Waals surface area contributed by atoms with Gasteiger partial charge in [0.25, 0.3) is 0 Å². The van der Waals surface area contributed by atoms with E-state index in [1.165, 1.54) is 38.5 Å². The van der Waals surface area contributed by atoms with E-state index < -0.39 is 7.37 Å². The van der Waals surface area contributed by atoms with Gasteiger partial charge in [0.1, 0.15) is 0 Å². The van der Waals surface area contributed by atoms with Crippen molar-refractivity contribution in [3.63, 3.8) is 0 Å². The zero-order valence-electron chi connectivity index (χ0n) is 10.8. The van der Waals surface area contributed by atoms with Gasteiger partial charge >= 0.3 is 0 Å². The Morgan fingerprint density at radius 3 is 2.00 bits per heavy atom. The van der Waals surface area contributed by atoms with Gasteiger partial charge in [0.05, 0.1) is 6.10 Å². The van der Waals surface area contributed by atoms with Gasteiger partial charge in [-0.1, -0.05) is 45.1 Å². The van der Waals surface area contributed by atoms with Gasteiger partial charge in [0.15, 0.2) is 0 Å². The van der Waals surface area contributed by atoms with Crippen LogP contribution in [-0.4, -0.2) is 11.8 Å². The molecule has 1 atom stereocenters. The Kier molecular flexibility index (Phi) is 4.87. The number of hydrogen-bond donors (Lipinski definition) is 0. The van der Waals surface area contributed by atoms with Crippen LogP contribution in [0.4, 0.5) is 0 Å². The fourth-order valence-corrected chi connectivity index (χ4v) is 5.44. The summed E-state index contributed by atoms with van der Waals surface area (Å²) in [6.45, 7) is 3.79. The highest BCUT2D eigenvalue weighted by atomic mass is 31.2.